The number of methoxy groups -OCH3 is 1. The molecule has 1 aromatic heterocycles. The lowest BCUT2D eigenvalue weighted by atomic mass is 10.2. The lowest BCUT2D eigenvalue weighted by molar-refractivity contribution is 0.0562. The molecule has 0 aliphatic carbocycles. The molecule has 0 fully saturated rings. The van der Waals surface area contributed by atoms with Crippen LogP contribution in [0.3, 0.4) is 0 Å². The molecule has 6 nitrogen and oxygen atoms in total. The van der Waals surface area contributed by atoms with E-state index in [9.17, 15) is 17.6 Å². The Morgan fingerprint density at radius 3 is 2.48 bits per heavy atom. The van der Waals surface area contributed by atoms with Crippen molar-refractivity contribution >= 4 is 27.6 Å². The van der Waals surface area contributed by atoms with Gasteiger partial charge in [0.15, 0.2) is 0 Å². The molecule has 0 atom stereocenters. The Balaban J connectivity index is 1.95. The molecule has 0 saturated heterocycles. The van der Waals surface area contributed by atoms with Gasteiger partial charge in [0.25, 0.3) is 0 Å². The summed E-state index contributed by atoms with van der Waals surface area (Å²) >= 11 is 5.95. The zero-order valence-corrected chi connectivity index (χ0v) is 16.9. The quantitative estimate of drug-likeness (QED) is 0.516. The van der Waals surface area contributed by atoms with E-state index in [4.69, 9.17) is 16.0 Å². The van der Waals surface area contributed by atoms with E-state index in [0.717, 1.165) is 4.31 Å². The normalized spacial score (nSPS) is 11.6. The summed E-state index contributed by atoms with van der Waals surface area (Å²) in [7, 11) is -2.75. The van der Waals surface area contributed by atoms with Crippen LogP contribution in [0.15, 0.2) is 70.0 Å². The van der Waals surface area contributed by atoms with Gasteiger partial charge in [-0.25, -0.2) is 17.6 Å². The number of hydrogen-bond acceptors (Lipinski definition) is 5. The minimum Gasteiger partial charge on any atom is -0.463 e. The number of benzene rings is 2. The number of sulfonamides is 1. The molecular weight excluding hydrogens is 421 g/mol. The van der Waals surface area contributed by atoms with E-state index in [1.807, 2.05) is 0 Å². The van der Waals surface area contributed by atoms with Crippen molar-refractivity contribution in [3.63, 3.8) is 0 Å². The van der Waals surface area contributed by atoms with Gasteiger partial charge >= 0.3 is 5.97 Å². The predicted octanol–water partition coefficient (Wildman–Crippen LogP) is 4.25. The first-order valence-electron chi connectivity index (χ1n) is 8.47. The van der Waals surface area contributed by atoms with Crippen LogP contribution in [0.4, 0.5) is 4.39 Å². The van der Waals surface area contributed by atoms with Crippen LogP contribution < -0.4 is 0 Å². The smallest absolute Gasteiger partial charge is 0.373 e. The van der Waals surface area contributed by atoms with Crippen molar-refractivity contribution in [3.8, 4) is 0 Å². The number of rotatable bonds is 7. The number of esters is 1. The molecule has 0 amide bonds. The number of carbonyl (C=O) groups is 1. The molecule has 0 unspecified atom stereocenters. The second-order valence-electron chi connectivity index (χ2n) is 6.11. The molecule has 0 N–H and O–H groups in total. The maximum absolute atomic E-state index is 13.2. The van der Waals surface area contributed by atoms with Crippen LogP contribution in [0.1, 0.15) is 21.9 Å². The SMILES string of the molecule is COC(=O)c1ccc(CN(Cc2ccc(F)cc2)S(=O)(=O)c2cccc(Cl)c2)o1. The first-order chi connectivity index (χ1) is 13.8. The highest BCUT2D eigenvalue weighted by Crippen LogP contribution is 2.24. The molecule has 2 aromatic carbocycles. The van der Waals surface area contributed by atoms with Crippen LogP contribution >= 0.6 is 11.6 Å². The number of carbonyl (C=O) groups excluding carboxylic acids is 1. The van der Waals surface area contributed by atoms with Gasteiger partial charge in [0.05, 0.1) is 18.6 Å². The number of halogens is 2. The molecule has 3 aromatic rings. The van der Waals surface area contributed by atoms with E-state index >= 15 is 0 Å². The summed E-state index contributed by atoms with van der Waals surface area (Å²) < 4.78 is 50.8. The molecule has 0 spiro atoms. The molecule has 9 heteroatoms. The Labute approximate surface area is 172 Å². The number of hydrogen-bond donors (Lipinski definition) is 0. The van der Waals surface area contributed by atoms with Crippen molar-refractivity contribution in [2.24, 2.45) is 0 Å². The van der Waals surface area contributed by atoms with E-state index in [2.05, 4.69) is 4.74 Å². The Kier molecular flexibility index (Phi) is 6.36. The van der Waals surface area contributed by atoms with Crippen molar-refractivity contribution in [2.45, 2.75) is 18.0 Å². The van der Waals surface area contributed by atoms with Crippen molar-refractivity contribution in [1.82, 2.24) is 4.31 Å². The zero-order chi connectivity index (χ0) is 21.0. The minimum atomic E-state index is -3.97. The van der Waals surface area contributed by atoms with Gasteiger partial charge in [-0.05, 0) is 48.0 Å². The Morgan fingerprint density at radius 2 is 1.83 bits per heavy atom. The third kappa shape index (κ3) is 5.03. The fourth-order valence-electron chi connectivity index (χ4n) is 2.64. The van der Waals surface area contributed by atoms with E-state index in [0.29, 0.717) is 5.56 Å². The van der Waals surface area contributed by atoms with Crippen molar-refractivity contribution in [1.29, 1.82) is 0 Å². The standard InChI is InChI=1S/C20H17ClFNO5S/c1-27-20(24)19-10-9-17(28-19)13-23(12-14-5-7-16(22)8-6-14)29(25,26)18-4-2-3-15(21)11-18/h2-11H,12-13H2,1H3. The van der Waals surface area contributed by atoms with Gasteiger partial charge in [-0.2, -0.15) is 4.31 Å². The average molecular weight is 438 g/mol. The largest absolute Gasteiger partial charge is 0.463 e. The monoisotopic (exact) mass is 437 g/mol. The van der Waals surface area contributed by atoms with Gasteiger partial charge in [0.2, 0.25) is 15.8 Å². The molecule has 0 aliphatic rings. The molecule has 0 saturated carbocycles. The first-order valence-corrected chi connectivity index (χ1v) is 10.3. The van der Waals surface area contributed by atoms with Gasteiger partial charge in [-0.15, -0.1) is 0 Å². The Hall–Kier alpha value is -2.68. The number of nitrogens with zero attached hydrogens (tertiary/aromatic N) is 1. The third-order valence-corrected chi connectivity index (χ3v) is 6.11. The molecule has 0 bridgehead atoms. The summed E-state index contributed by atoms with van der Waals surface area (Å²) in [6.45, 7) is -0.188. The third-order valence-electron chi connectivity index (χ3n) is 4.09. The van der Waals surface area contributed by atoms with E-state index in [1.54, 1.807) is 6.07 Å². The van der Waals surface area contributed by atoms with Crippen LogP contribution in [0.2, 0.25) is 5.02 Å². The second-order valence-corrected chi connectivity index (χ2v) is 8.49. The van der Waals surface area contributed by atoms with Crippen LogP contribution in [0.5, 0.6) is 0 Å². The average Bonchev–Trinajstić information content (AvgIpc) is 3.17. The maximum atomic E-state index is 13.2. The topological polar surface area (TPSA) is 76.8 Å². The first kappa shape index (κ1) is 21.0. The summed E-state index contributed by atoms with van der Waals surface area (Å²) in [4.78, 5) is 11.6. The fraction of sp³-hybridized carbons (Fsp3) is 0.150. The summed E-state index contributed by atoms with van der Waals surface area (Å²) in [5, 5.41) is 0.277. The Bertz CT molecular complexity index is 1110. The van der Waals surface area contributed by atoms with Crippen molar-refractivity contribution in [3.05, 3.63) is 88.6 Å². The number of furan rings is 1. The van der Waals surface area contributed by atoms with Crippen LogP contribution in [0, 0.1) is 5.82 Å². The van der Waals surface area contributed by atoms with Crippen LogP contribution in [-0.2, 0) is 27.8 Å². The number of ether oxygens (including phenoxy) is 1. The molecule has 0 aliphatic heterocycles. The molecular formula is C20H17ClFNO5S. The van der Waals surface area contributed by atoms with Crippen LogP contribution in [0.25, 0.3) is 0 Å². The molecule has 3 rings (SSSR count). The summed E-state index contributed by atoms with van der Waals surface area (Å²) in [5.74, 6) is -0.881. The molecule has 0 radical (unpaired) electrons. The van der Waals surface area contributed by atoms with E-state index < -0.39 is 21.8 Å². The lowest BCUT2D eigenvalue weighted by Crippen LogP contribution is -2.30. The van der Waals surface area contributed by atoms with Gasteiger partial charge < -0.3 is 9.15 Å². The van der Waals surface area contributed by atoms with Gasteiger partial charge in [0, 0.05) is 11.6 Å². The second kappa shape index (κ2) is 8.77. The zero-order valence-electron chi connectivity index (χ0n) is 15.3. The summed E-state index contributed by atoms with van der Waals surface area (Å²) in [6, 6.07) is 14.3. The summed E-state index contributed by atoms with van der Waals surface area (Å²) in [6.07, 6.45) is 0. The van der Waals surface area contributed by atoms with Gasteiger partial charge in [-0.3, -0.25) is 0 Å². The highest BCUT2D eigenvalue weighted by atomic mass is 35.5. The van der Waals surface area contributed by atoms with Crippen molar-refractivity contribution < 1.29 is 26.8 Å². The molecule has 1 heterocycles. The molecule has 29 heavy (non-hydrogen) atoms. The highest BCUT2D eigenvalue weighted by Gasteiger charge is 2.27. The Morgan fingerprint density at radius 1 is 1.10 bits per heavy atom. The van der Waals surface area contributed by atoms with Crippen LogP contribution in [-0.4, -0.2) is 25.8 Å². The van der Waals surface area contributed by atoms with Gasteiger partial charge in [-0.1, -0.05) is 29.8 Å². The highest BCUT2D eigenvalue weighted by molar-refractivity contribution is 7.89. The lowest BCUT2D eigenvalue weighted by Gasteiger charge is -2.21. The van der Waals surface area contributed by atoms with Gasteiger partial charge in [0.1, 0.15) is 11.6 Å². The molecule has 152 valence electrons. The van der Waals surface area contributed by atoms with E-state index in [1.165, 1.54) is 61.7 Å². The summed E-state index contributed by atoms with van der Waals surface area (Å²) in [5.41, 5.74) is 0.580. The van der Waals surface area contributed by atoms with E-state index in [-0.39, 0.29) is 34.5 Å². The predicted molar refractivity (Wildman–Crippen MR) is 104 cm³/mol. The maximum Gasteiger partial charge on any atom is 0.373 e. The van der Waals surface area contributed by atoms with Crippen molar-refractivity contribution in [2.75, 3.05) is 7.11 Å². The fourth-order valence-corrected chi connectivity index (χ4v) is 4.34. The minimum absolute atomic E-state index is 0.00635.